The van der Waals surface area contributed by atoms with Gasteiger partial charge in [0.15, 0.2) is 0 Å². The highest BCUT2D eigenvalue weighted by Crippen LogP contribution is 2.38. The molecule has 0 spiro atoms. The molecular weight excluding hydrogens is 360 g/mol. The molecule has 2 atom stereocenters. The van der Waals surface area contributed by atoms with Crippen LogP contribution in [0.5, 0.6) is 0 Å². The highest BCUT2D eigenvalue weighted by molar-refractivity contribution is 5.80. The van der Waals surface area contributed by atoms with E-state index in [4.69, 9.17) is 0 Å². The molecule has 1 saturated heterocycles. The topological polar surface area (TPSA) is 49.4 Å². The molecule has 2 fully saturated rings. The standard InChI is InChI=1S/C25H38N2O2/c1-25(2,3)21-11-7-8-12-22(21)26-24(29)20-15-17-27(18-16-20)23(28)14-13-19-9-5-4-6-10-19/h4-6,9-10,20-22H,7-8,11-18H2,1-3H3,(H,26,29). The van der Waals surface area contributed by atoms with Gasteiger partial charge in [0.2, 0.25) is 11.8 Å². The summed E-state index contributed by atoms with van der Waals surface area (Å²) in [5.41, 5.74) is 1.43. The molecule has 0 bridgehead atoms. The van der Waals surface area contributed by atoms with Crippen LogP contribution >= 0.6 is 0 Å². The Hall–Kier alpha value is -1.84. The third-order valence-electron chi connectivity index (χ3n) is 6.89. The molecular formula is C25H38N2O2. The first-order chi connectivity index (χ1) is 13.8. The number of carbonyl (C=O) groups is 2. The van der Waals surface area contributed by atoms with E-state index in [1.165, 1.54) is 24.8 Å². The summed E-state index contributed by atoms with van der Waals surface area (Å²) in [5.74, 6) is 1.03. The Morgan fingerprint density at radius 2 is 1.66 bits per heavy atom. The number of benzene rings is 1. The van der Waals surface area contributed by atoms with Crippen molar-refractivity contribution in [1.82, 2.24) is 10.2 Å². The number of piperidine rings is 1. The molecule has 1 aliphatic carbocycles. The lowest BCUT2D eigenvalue weighted by Crippen LogP contribution is -2.50. The monoisotopic (exact) mass is 398 g/mol. The average molecular weight is 399 g/mol. The van der Waals surface area contributed by atoms with Gasteiger partial charge in [0.1, 0.15) is 0 Å². The summed E-state index contributed by atoms with van der Waals surface area (Å²) < 4.78 is 0. The largest absolute Gasteiger partial charge is 0.353 e. The van der Waals surface area contributed by atoms with Crippen molar-refractivity contribution in [3.05, 3.63) is 35.9 Å². The van der Waals surface area contributed by atoms with Crippen LogP contribution in [0.2, 0.25) is 0 Å². The molecule has 4 nitrogen and oxygen atoms in total. The molecule has 1 N–H and O–H groups in total. The normalized spacial score (nSPS) is 23.6. The Morgan fingerprint density at radius 3 is 2.31 bits per heavy atom. The first-order valence-corrected chi connectivity index (χ1v) is 11.5. The maximum absolute atomic E-state index is 12.9. The van der Waals surface area contributed by atoms with Crippen molar-refractivity contribution >= 4 is 11.8 Å². The number of nitrogens with zero attached hydrogens (tertiary/aromatic N) is 1. The van der Waals surface area contributed by atoms with Crippen molar-refractivity contribution in [3.63, 3.8) is 0 Å². The van der Waals surface area contributed by atoms with E-state index < -0.39 is 0 Å². The van der Waals surface area contributed by atoms with Crippen molar-refractivity contribution in [2.24, 2.45) is 17.3 Å². The lowest BCUT2D eigenvalue weighted by Gasteiger charge is -2.41. The number of hydrogen-bond donors (Lipinski definition) is 1. The first-order valence-electron chi connectivity index (χ1n) is 11.5. The van der Waals surface area contributed by atoms with Gasteiger partial charge in [-0.3, -0.25) is 9.59 Å². The van der Waals surface area contributed by atoms with Gasteiger partial charge in [0.05, 0.1) is 0 Å². The van der Waals surface area contributed by atoms with E-state index in [2.05, 4.69) is 38.2 Å². The van der Waals surface area contributed by atoms with Crippen LogP contribution in [0.3, 0.4) is 0 Å². The fourth-order valence-electron chi connectivity index (χ4n) is 5.09. The van der Waals surface area contributed by atoms with Crippen molar-refractivity contribution in [3.8, 4) is 0 Å². The minimum Gasteiger partial charge on any atom is -0.353 e. The summed E-state index contributed by atoms with van der Waals surface area (Å²) in [7, 11) is 0. The van der Waals surface area contributed by atoms with E-state index >= 15 is 0 Å². The Morgan fingerprint density at radius 1 is 1.00 bits per heavy atom. The summed E-state index contributed by atoms with van der Waals surface area (Å²) >= 11 is 0. The zero-order valence-corrected chi connectivity index (χ0v) is 18.5. The zero-order valence-electron chi connectivity index (χ0n) is 18.5. The second kappa shape index (κ2) is 9.77. The minimum atomic E-state index is 0.0516. The Balaban J connectivity index is 1.44. The summed E-state index contributed by atoms with van der Waals surface area (Å²) in [6.07, 6.45) is 7.72. The van der Waals surface area contributed by atoms with Crippen molar-refractivity contribution in [2.75, 3.05) is 13.1 Å². The third-order valence-corrected chi connectivity index (χ3v) is 6.89. The van der Waals surface area contributed by atoms with E-state index in [0.717, 1.165) is 25.7 Å². The predicted molar refractivity (Wildman–Crippen MR) is 117 cm³/mol. The molecule has 160 valence electrons. The Kier molecular flexibility index (Phi) is 7.37. The van der Waals surface area contributed by atoms with Gasteiger partial charge in [0, 0.05) is 31.5 Å². The van der Waals surface area contributed by atoms with E-state index in [-0.39, 0.29) is 23.1 Å². The average Bonchev–Trinajstić information content (AvgIpc) is 2.72. The lowest BCUT2D eigenvalue weighted by molar-refractivity contribution is -0.136. The van der Waals surface area contributed by atoms with Crippen molar-refractivity contribution < 1.29 is 9.59 Å². The summed E-state index contributed by atoms with van der Waals surface area (Å²) in [6.45, 7) is 8.29. The van der Waals surface area contributed by atoms with Crippen LogP contribution in [0, 0.1) is 17.3 Å². The van der Waals surface area contributed by atoms with Gasteiger partial charge in [-0.05, 0) is 49.0 Å². The van der Waals surface area contributed by atoms with Crippen molar-refractivity contribution in [2.45, 2.75) is 78.2 Å². The number of amides is 2. The van der Waals surface area contributed by atoms with Crippen LogP contribution in [-0.4, -0.2) is 35.8 Å². The fourth-order valence-corrected chi connectivity index (χ4v) is 5.09. The number of rotatable bonds is 5. The smallest absolute Gasteiger partial charge is 0.223 e. The quantitative estimate of drug-likeness (QED) is 0.789. The molecule has 1 aliphatic heterocycles. The van der Waals surface area contributed by atoms with Gasteiger partial charge in [-0.1, -0.05) is 63.9 Å². The van der Waals surface area contributed by atoms with Gasteiger partial charge in [0.25, 0.3) is 0 Å². The summed E-state index contributed by atoms with van der Waals surface area (Å²) in [6, 6.07) is 10.5. The zero-order chi connectivity index (χ0) is 20.9. The molecule has 4 heteroatoms. The van der Waals surface area contributed by atoms with Crippen molar-refractivity contribution in [1.29, 1.82) is 0 Å². The molecule has 1 aromatic rings. The molecule has 0 aromatic heterocycles. The van der Waals surface area contributed by atoms with E-state index in [1.807, 2.05) is 23.1 Å². The van der Waals surface area contributed by atoms with Crippen LogP contribution < -0.4 is 5.32 Å². The van der Waals surface area contributed by atoms with Crippen LogP contribution in [0.1, 0.15) is 71.3 Å². The maximum atomic E-state index is 12.9. The Bertz CT molecular complexity index is 672. The summed E-state index contributed by atoms with van der Waals surface area (Å²) in [4.78, 5) is 27.4. The second-order valence-corrected chi connectivity index (χ2v) is 10.0. The number of carbonyl (C=O) groups excluding carboxylic acids is 2. The van der Waals surface area contributed by atoms with Gasteiger partial charge in [-0.25, -0.2) is 0 Å². The van der Waals surface area contributed by atoms with E-state index in [0.29, 0.717) is 31.5 Å². The van der Waals surface area contributed by atoms with Gasteiger partial charge in [-0.2, -0.15) is 0 Å². The molecule has 2 aliphatic rings. The molecule has 2 unspecified atom stereocenters. The summed E-state index contributed by atoms with van der Waals surface area (Å²) in [5, 5.41) is 3.39. The molecule has 1 heterocycles. The van der Waals surface area contributed by atoms with E-state index in [9.17, 15) is 9.59 Å². The van der Waals surface area contributed by atoms with Crippen LogP contribution in [0.15, 0.2) is 30.3 Å². The minimum absolute atomic E-state index is 0.0516. The van der Waals surface area contributed by atoms with Gasteiger partial charge in [-0.15, -0.1) is 0 Å². The number of aryl methyl sites for hydroxylation is 1. The molecule has 1 aromatic carbocycles. The molecule has 29 heavy (non-hydrogen) atoms. The lowest BCUT2D eigenvalue weighted by atomic mass is 9.69. The highest BCUT2D eigenvalue weighted by atomic mass is 16.2. The maximum Gasteiger partial charge on any atom is 0.223 e. The number of hydrogen-bond acceptors (Lipinski definition) is 2. The first kappa shape index (κ1) is 21.9. The molecule has 2 amide bonds. The highest BCUT2D eigenvalue weighted by Gasteiger charge is 2.36. The third kappa shape index (κ3) is 6.07. The SMILES string of the molecule is CC(C)(C)C1CCCCC1NC(=O)C1CCN(C(=O)CCc2ccccc2)CC1. The Labute approximate surface area is 176 Å². The van der Waals surface area contributed by atoms with E-state index in [1.54, 1.807) is 0 Å². The van der Waals surface area contributed by atoms with Crippen LogP contribution in [0.25, 0.3) is 0 Å². The van der Waals surface area contributed by atoms with Crippen LogP contribution in [0.4, 0.5) is 0 Å². The fraction of sp³-hybridized carbons (Fsp3) is 0.680. The van der Waals surface area contributed by atoms with Gasteiger partial charge < -0.3 is 10.2 Å². The van der Waals surface area contributed by atoms with Crippen LogP contribution in [-0.2, 0) is 16.0 Å². The number of likely N-dealkylation sites (tertiary alicyclic amines) is 1. The molecule has 3 rings (SSSR count). The predicted octanol–water partition coefficient (Wildman–Crippen LogP) is 4.58. The van der Waals surface area contributed by atoms with Gasteiger partial charge >= 0.3 is 0 Å². The molecule has 0 radical (unpaired) electrons. The second-order valence-electron chi connectivity index (χ2n) is 10.0. The number of nitrogens with one attached hydrogen (secondary N) is 1. The molecule has 1 saturated carbocycles.